The molecule has 2 aromatic rings. The van der Waals surface area contributed by atoms with Gasteiger partial charge in [0, 0.05) is 25.2 Å². The van der Waals surface area contributed by atoms with Crippen LogP contribution in [-0.4, -0.2) is 67.7 Å². The predicted octanol–water partition coefficient (Wildman–Crippen LogP) is 5.73. The molecule has 47 heavy (non-hydrogen) atoms. The van der Waals surface area contributed by atoms with Crippen LogP contribution in [0.4, 0.5) is 58.7 Å². The number of anilines is 2. The lowest BCUT2D eigenvalue weighted by atomic mass is 10.0. The molecule has 6 amide bonds. The maximum Gasteiger partial charge on any atom is 0.423 e. The molecule has 2 fully saturated rings. The number of benzene rings is 2. The summed E-state index contributed by atoms with van der Waals surface area (Å²) in [7, 11) is 0. The van der Waals surface area contributed by atoms with E-state index in [9.17, 15) is 65.7 Å². The van der Waals surface area contributed by atoms with Gasteiger partial charge in [0.25, 0.3) is 23.2 Å². The summed E-state index contributed by atoms with van der Waals surface area (Å²) in [4.78, 5) is 75.7. The molecule has 0 aliphatic carbocycles. The minimum Gasteiger partial charge on any atom is -0.310 e. The number of nitrogens with zero attached hydrogens (tertiary/aromatic N) is 6. The summed E-state index contributed by atoms with van der Waals surface area (Å²) in [5, 5.41) is 22.2. The van der Waals surface area contributed by atoms with Gasteiger partial charge in [-0.25, -0.2) is 19.4 Å². The number of alkyl halides is 6. The van der Waals surface area contributed by atoms with Gasteiger partial charge in [0.2, 0.25) is 0 Å². The van der Waals surface area contributed by atoms with E-state index in [0.29, 0.717) is 34.1 Å². The van der Waals surface area contributed by atoms with Gasteiger partial charge in [-0.2, -0.15) is 26.3 Å². The fourth-order valence-corrected chi connectivity index (χ4v) is 5.36. The first-order chi connectivity index (χ1) is 21.4. The number of carbonyl (C=O) groups excluding carboxylic acids is 4. The van der Waals surface area contributed by atoms with Crippen LogP contribution >= 0.6 is 0 Å². The Kier molecular flexibility index (Phi) is 8.23. The van der Waals surface area contributed by atoms with E-state index >= 15 is 0 Å². The van der Waals surface area contributed by atoms with E-state index in [1.54, 1.807) is 0 Å². The molecule has 2 aliphatic heterocycles. The van der Waals surface area contributed by atoms with Crippen molar-refractivity contribution in [3.05, 3.63) is 67.8 Å². The number of hydrogen-bond acceptors (Lipinski definition) is 8. The Balaban J connectivity index is 1.57. The number of rotatable bonds is 8. The number of nitro groups is 2. The van der Waals surface area contributed by atoms with E-state index in [0.717, 1.165) is 21.9 Å². The van der Waals surface area contributed by atoms with Crippen LogP contribution in [0.25, 0.3) is 0 Å². The molecule has 2 saturated heterocycles. The highest BCUT2D eigenvalue weighted by Crippen LogP contribution is 2.42. The van der Waals surface area contributed by atoms with Crippen molar-refractivity contribution in [1.29, 1.82) is 0 Å². The first kappa shape index (κ1) is 34.6. The Bertz CT molecular complexity index is 1600. The zero-order valence-electron chi connectivity index (χ0n) is 24.8. The second-order valence-electron chi connectivity index (χ2n) is 11.5. The van der Waals surface area contributed by atoms with Crippen LogP contribution in [0.2, 0.25) is 0 Å². The summed E-state index contributed by atoms with van der Waals surface area (Å²) < 4.78 is 81.3. The molecule has 2 aliphatic rings. The lowest BCUT2D eigenvalue weighted by Crippen LogP contribution is -2.47. The Morgan fingerprint density at radius 1 is 0.638 bits per heavy atom. The number of amides is 6. The second-order valence-corrected chi connectivity index (χ2v) is 11.5. The molecule has 2 heterocycles. The number of carbonyl (C=O) groups is 4. The molecule has 4 rings (SSSR count). The Labute approximate surface area is 260 Å². The molecule has 0 radical (unpaired) electrons. The molecule has 0 atom stereocenters. The highest BCUT2D eigenvalue weighted by atomic mass is 19.4. The van der Waals surface area contributed by atoms with Crippen molar-refractivity contribution in [1.82, 2.24) is 9.80 Å². The van der Waals surface area contributed by atoms with Crippen LogP contribution < -0.4 is 9.80 Å². The molecule has 0 saturated carbocycles. The monoisotopic (exact) mass is 674 g/mol. The van der Waals surface area contributed by atoms with Crippen molar-refractivity contribution in [2.45, 2.75) is 57.5 Å². The van der Waals surface area contributed by atoms with Crippen molar-refractivity contribution >= 4 is 46.6 Å². The van der Waals surface area contributed by atoms with Gasteiger partial charge >= 0.3 is 24.4 Å². The zero-order chi connectivity index (χ0) is 35.6. The highest BCUT2D eigenvalue weighted by Gasteiger charge is 2.54. The minimum atomic E-state index is -5.19. The normalized spacial score (nSPS) is 18.1. The highest BCUT2D eigenvalue weighted by molar-refractivity contribution is 6.24. The molecule has 0 spiro atoms. The van der Waals surface area contributed by atoms with Gasteiger partial charge in [-0.1, -0.05) is 0 Å². The number of imide groups is 2. The largest absolute Gasteiger partial charge is 0.423 e. The van der Waals surface area contributed by atoms with E-state index in [1.165, 1.54) is 27.7 Å². The van der Waals surface area contributed by atoms with Crippen LogP contribution in [0.15, 0.2) is 36.4 Å². The molecule has 252 valence electrons. The number of hydrogen-bond donors (Lipinski definition) is 0. The molecular formula is C27H24F6N6O8. The summed E-state index contributed by atoms with van der Waals surface area (Å²) in [6.45, 7) is 4.60. The third-order valence-electron chi connectivity index (χ3n) is 7.89. The van der Waals surface area contributed by atoms with Crippen molar-refractivity contribution < 1.29 is 55.4 Å². The fourth-order valence-electron chi connectivity index (χ4n) is 5.36. The molecule has 0 aromatic heterocycles. The van der Waals surface area contributed by atoms with Crippen LogP contribution in [-0.2, 0) is 21.9 Å². The molecule has 14 nitrogen and oxygen atoms in total. The molecule has 0 unspecified atom stereocenters. The smallest absolute Gasteiger partial charge is 0.310 e. The lowest BCUT2D eigenvalue weighted by molar-refractivity contribution is -0.388. The summed E-state index contributed by atoms with van der Waals surface area (Å²) in [6, 6.07) is 1.13. The van der Waals surface area contributed by atoms with Gasteiger partial charge in [0.05, 0.1) is 21.2 Å². The summed E-state index contributed by atoms with van der Waals surface area (Å²) in [5.41, 5.74) is -10.4. The van der Waals surface area contributed by atoms with Crippen molar-refractivity contribution in [3.8, 4) is 0 Å². The SMILES string of the molecule is CC1(C)C(=O)N(c2ccc([N+](=O)[O-])c(C(F)(F)F)c2)C(=O)N1CCCN1C(=O)N(c2ccc([N+](=O)[O-])c(C(F)(F)F)c2)C(=O)C1(C)C. The minimum absolute atomic E-state index is 0.130. The predicted molar refractivity (Wildman–Crippen MR) is 148 cm³/mol. The van der Waals surface area contributed by atoms with Crippen LogP contribution in [0.1, 0.15) is 45.2 Å². The molecular weight excluding hydrogens is 650 g/mol. The first-order valence-electron chi connectivity index (χ1n) is 13.5. The topological polar surface area (TPSA) is 168 Å². The van der Waals surface area contributed by atoms with Gasteiger partial charge in [0.1, 0.15) is 22.2 Å². The van der Waals surface area contributed by atoms with Crippen molar-refractivity contribution in [2.24, 2.45) is 0 Å². The Hall–Kier alpha value is -5.30. The van der Waals surface area contributed by atoms with Crippen molar-refractivity contribution in [3.63, 3.8) is 0 Å². The maximum atomic E-state index is 13.6. The molecule has 2 aromatic carbocycles. The quantitative estimate of drug-likeness (QED) is 0.148. The number of nitro benzene ring substituents is 2. The first-order valence-corrected chi connectivity index (χ1v) is 13.5. The lowest BCUT2D eigenvalue weighted by Gasteiger charge is -2.31. The average Bonchev–Trinajstić information content (AvgIpc) is 3.22. The number of halogens is 6. The Morgan fingerprint density at radius 3 is 1.23 bits per heavy atom. The van der Waals surface area contributed by atoms with E-state index in [1.807, 2.05) is 0 Å². The Morgan fingerprint density at radius 2 is 0.957 bits per heavy atom. The number of urea groups is 2. The van der Waals surface area contributed by atoms with E-state index < -0.39 is 91.0 Å². The summed E-state index contributed by atoms with van der Waals surface area (Å²) in [5.74, 6) is -1.91. The van der Waals surface area contributed by atoms with Gasteiger partial charge in [0.15, 0.2) is 0 Å². The zero-order valence-corrected chi connectivity index (χ0v) is 24.8. The van der Waals surface area contributed by atoms with Crippen molar-refractivity contribution in [2.75, 3.05) is 22.9 Å². The fraction of sp³-hybridized carbons (Fsp3) is 0.407. The standard InChI is InChI=1S/C27H24F6N6O8/c1-24(2)20(40)36(14-6-8-18(38(44)45)16(12-14)26(28,29)30)22(42)34(24)10-5-11-35-23(43)37(21(41)25(35,3)4)15-7-9-19(39(46)47)17(13-15)27(31,32)33/h6-9,12-13H,5,10-11H2,1-4H3. The third kappa shape index (κ3) is 5.78. The van der Waals surface area contributed by atoms with Crippen LogP contribution in [0.3, 0.4) is 0 Å². The average molecular weight is 675 g/mol. The van der Waals surface area contributed by atoms with E-state index in [4.69, 9.17) is 0 Å². The molecule has 20 heteroatoms. The van der Waals surface area contributed by atoms with Gasteiger partial charge in [-0.3, -0.25) is 29.8 Å². The van der Waals surface area contributed by atoms with Gasteiger partial charge in [-0.05, 0) is 58.4 Å². The molecule has 0 bridgehead atoms. The summed E-state index contributed by atoms with van der Waals surface area (Å²) >= 11 is 0. The summed E-state index contributed by atoms with van der Waals surface area (Å²) in [6.07, 6.45) is -10.5. The van der Waals surface area contributed by atoms with Crippen LogP contribution in [0, 0.1) is 20.2 Å². The second kappa shape index (κ2) is 11.2. The van der Waals surface area contributed by atoms with Gasteiger partial charge < -0.3 is 9.80 Å². The molecule has 0 N–H and O–H groups in total. The van der Waals surface area contributed by atoms with Gasteiger partial charge in [-0.15, -0.1) is 0 Å². The maximum absolute atomic E-state index is 13.6. The van der Waals surface area contributed by atoms with E-state index in [2.05, 4.69) is 0 Å². The van der Waals surface area contributed by atoms with Crippen LogP contribution in [0.5, 0.6) is 0 Å². The third-order valence-corrected chi connectivity index (χ3v) is 7.89. The van der Waals surface area contributed by atoms with E-state index in [-0.39, 0.29) is 19.5 Å².